The number of carbonyl (C=O) groups is 3. The normalized spacial score (nSPS) is 17.2. The summed E-state index contributed by atoms with van der Waals surface area (Å²) in [6, 6.07) is 8.96. The number of likely N-dealkylation sites (tertiary alicyclic amines) is 1. The Morgan fingerprint density at radius 2 is 1.81 bits per heavy atom. The van der Waals surface area contributed by atoms with Crippen LogP contribution in [0.3, 0.4) is 0 Å². The Kier molecular flexibility index (Phi) is 7.62. The van der Waals surface area contributed by atoms with Gasteiger partial charge in [0.15, 0.2) is 5.75 Å². The maximum absolute atomic E-state index is 12.8. The number of carbonyl (C=O) groups excluding carboxylic acids is 3. The van der Waals surface area contributed by atoms with Gasteiger partial charge in [0, 0.05) is 13.1 Å². The molecule has 3 amide bonds. The number of hydrogen-bond donors (Lipinski definition) is 0. The fourth-order valence-corrected chi connectivity index (χ4v) is 5.85. The fraction of sp³-hybridized carbons (Fsp3) is 0.292. The maximum atomic E-state index is 12.8. The van der Waals surface area contributed by atoms with Crippen LogP contribution in [-0.4, -0.2) is 62.0 Å². The lowest BCUT2D eigenvalue weighted by Crippen LogP contribution is -2.40. The minimum atomic E-state index is -4.19. The fourth-order valence-electron chi connectivity index (χ4n) is 3.76. The van der Waals surface area contributed by atoms with Gasteiger partial charge in [0.1, 0.15) is 11.4 Å². The van der Waals surface area contributed by atoms with Gasteiger partial charge in [0.2, 0.25) is 11.7 Å². The first-order chi connectivity index (χ1) is 17.1. The molecule has 36 heavy (non-hydrogen) atoms. The van der Waals surface area contributed by atoms with E-state index in [0.717, 1.165) is 23.3 Å². The molecule has 0 unspecified atom stereocenters. The second-order valence-electron chi connectivity index (χ2n) is 8.24. The summed E-state index contributed by atoms with van der Waals surface area (Å²) < 4.78 is 36.0. The van der Waals surface area contributed by atoms with E-state index < -0.39 is 21.3 Å². The molecule has 0 atom stereocenters. The Morgan fingerprint density at radius 1 is 1.14 bits per heavy atom. The molecule has 0 spiro atoms. The summed E-state index contributed by atoms with van der Waals surface area (Å²) in [6.07, 6.45) is 3.24. The predicted octanol–water partition coefficient (Wildman–Crippen LogP) is 4.08. The van der Waals surface area contributed by atoms with E-state index in [1.54, 1.807) is 17.0 Å². The Morgan fingerprint density at radius 3 is 2.44 bits per heavy atom. The molecule has 0 aliphatic carbocycles. The molecule has 2 heterocycles. The first-order valence-corrected chi connectivity index (χ1v) is 13.6. The lowest BCUT2D eigenvalue weighted by molar-refractivity contribution is -0.135. The highest BCUT2D eigenvalue weighted by Crippen LogP contribution is 2.40. The molecule has 2 saturated heterocycles. The van der Waals surface area contributed by atoms with Gasteiger partial charge in [-0.25, -0.2) is 0 Å². The number of amides is 3. The van der Waals surface area contributed by atoms with Crippen LogP contribution in [-0.2, 0) is 19.7 Å². The first kappa shape index (κ1) is 26.1. The zero-order chi connectivity index (χ0) is 26.0. The third-order valence-corrected chi connectivity index (χ3v) is 8.10. The van der Waals surface area contributed by atoms with Gasteiger partial charge in [-0.05, 0) is 67.4 Å². The lowest BCUT2D eigenvalue weighted by atomic mass is 10.2. The van der Waals surface area contributed by atoms with Crippen molar-refractivity contribution in [2.24, 2.45) is 0 Å². The van der Waals surface area contributed by atoms with Gasteiger partial charge in [0.25, 0.3) is 11.1 Å². The topological polar surface area (TPSA) is 110 Å². The van der Waals surface area contributed by atoms with Crippen molar-refractivity contribution in [2.45, 2.75) is 24.7 Å². The number of aryl methyl sites for hydroxylation is 1. The second kappa shape index (κ2) is 10.5. The first-order valence-electron chi connectivity index (χ1n) is 11.0. The van der Waals surface area contributed by atoms with E-state index in [2.05, 4.69) is 0 Å². The number of nitrogens with zero attached hydrogens (tertiary/aromatic N) is 2. The van der Waals surface area contributed by atoms with E-state index in [1.807, 2.05) is 6.92 Å². The molecule has 0 bridgehead atoms. The van der Waals surface area contributed by atoms with Crippen molar-refractivity contribution < 1.29 is 31.7 Å². The van der Waals surface area contributed by atoms with Gasteiger partial charge in [-0.2, -0.15) is 8.42 Å². The van der Waals surface area contributed by atoms with Gasteiger partial charge in [-0.1, -0.05) is 29.3 Å². The number of halogens is 1. The van der Waals surface area contributed by atoms with E-state index in [1.165, 1.54) is 37.5 Å². The number of benzene rings is 2. The highest BCUT2D eigenvalue weighted by Gasteiger charge is 2.37. The van der Waals surface area contributed by atoms with Crippen molar-refractivity contribution in [3.8, 4) is 11.5 Å². The zero-order valence-electron chi connectivity index (χ0n) is 19.5. The van der Waals surface area contributed by atoms with Crippen LogP contribution in [0, 0.1) is 6.92 Å². The summed E-state index contributed by atoms with van der Waals surface area (Å²) in [4.78, 5) is 40.3. The van der Waals surface area contributed by atoms with Crippen LogP contribution in [0.2, 0.25) is 5.02 Å². The average Bonchev–Trinajstić information content (AvgIpc) is 3.46. The Labute approximate surface area is 218 Å². The minimum absolute atomic E-state index is 0.0212. The molecular weight excluding hydrogens is 528 g/mol. The summed E-state index contributed by atoms with van der Waals surface area (Å²) in [6.45, 7) is 2.76. The molecule has 4 rings (SSSR count). The van der Waals surface area contributed by atoms with Crippen molar-refractivity contribution >= 4 is 56.6 Å². The standard InChI is InChI=1S/C24H23ClN2O7S2/c1-15-5-7-17(8-6-15)36(31,32)34-22-18(25)11-16(12-19(22)33-2)13-20-23(29)27(24(30)35-20)14-21(28)26-9-3-4-10-26/h5-8,11-13H,3-4,9-10,14H2,1-2H3/b20-13-. The smallest absolute Gasteiger partial charge is 0.339 e. The molecular formula is C24H23ClN2O7S2. The van der Waals surface area contributed by atoms with Crippen LogP contribution in [0.15, 0.2) is 46.2 Å². The number of thioether (sulfide) groups is 1. The van der Waals surface area contributed by atoms with E-state index in [-0.39, 0.29) is 38.8 Å². The average molecular weight is 551 g/mol. The van der Waals surface area contributed by atoms with Crippen molar-refractivity contribution in [2.75, 3.05) is 26.7 Å². The number of rotatable bonds is 7. The number of methoxy groups -OCH3 is 1. The van der Waals surface area contributed by atoms with Crippen LogP contribution in [0.4, 0.5) is 4.79 Å². The van der Waals surface area contributed by atoms with Gasteiger partial charge < -0.3 is 13.8 Å². The van der Waals surface area contributed by atoms with Gasteiger partial charge in [-0.15, -0.1) is 0 Å². The zero-order valence-corrected chi connectivity index (χ0v) is 21.9. The molecule has 190 valence electrons. The number of ether oxygens (including phenoxy) is 1. The molecule has 0 N–H and O–H groups in total. The molecule has 0 aromatic heterocycles. The third kappa shape index (κ3) is 5.53. The van der Waals surface area contributed by atoms with Crippen LogP contribution >= 0.6 is 23.4 Å². The molecule has 0 radical (unpaired) electrons. The van der Waals surface area contributed by atoms with Crippen LogP contribution in [0.25, 0.3) is 6.08 Å². The number of imide groups is 1. The monoisotopic (exact) mass is 550 g/mol. The van der Waals surface area contributed by atoms with Crippen molar-refractivity contribution in [1.29, 1.82) is 0 Å². The third-order valence-electron chi connectivity index (χ3n) is 5.68. The van der Waals surface area contributed by atoms with Crippen molar-refractivity contribution in [3.63, 3.8) is 0 Å². The van der Waals surface area contributed by atoms with Crippen molar-refractivity contribution in [3.05, 3.63) is 57.5 Å². The van der Waals surface area contributed by atoms with Crippen LogP contribution < -0.4 is 8.92 Å². The van der Waals surface area contributed by atoms with Gasteiger partial charge in [-0.3, -0.25) is 19.3 Å². The quantitative estimate of drug-likeness (QED) is 0.374. The molecule has 2 fully saturated rings. The van der Waals surface area contributed by atoms with Crippen LogP contribution in [0.1, 0.15) is 24.0 Å². The number of hydrogen-bond acceptors (Lipinski definition) is 8. The molecule has 2 aromatic carbocycles. The van der Waals surface area contributed by atoms with Gasteiger partial charge >= 0.3 is 10.1 Å². The maximum Gasteiger partial charge on any atom is 0.339 e. The van der Waals surface area contributed by atoms with E-state index >= 15 is 0 Å². The summed E-state index contributed by atoms with van der Waals surface area (Å²) in [5, 5.41) is -0.610. The second-order valence-corrected chi connectivity index (χ2v) is 11.2. The van der Waals surface area contributed by atoms with E-state index in [9.17, 15) is 22.8 Å². The highest BCUT2D eigenvalue weighted by molar-refractivity contribution is 8.18. The van der Waals surface area contributed by atoms with Crippen LogP contribution in [0.5, 0.6) is 11.5 Å². The Bertz CT molecular complexity index is 1350. The summed E-state index contributed by atoms with van der Waals surface area (Å²) >= 11 is 7.04. The Balaban J connectivity index is 1.56. The minimum Gasteiger partial charge on any atom is -0.493 e. The molecule has 2 aromatic rings. The van der Waals surface area contributed by atoms with Gasteiger partial charge in [0.05, 0.1) is 17.0 Å². The SMILES string of the molecule is COc1cc(/C=C2\SC(=O)N(CC(=O)N3CCCC3)C2=O)cc(Cl)c1OS(=O)(=O)c1ccc(C)cc1. The summed E-state index contributed by atoms with van der Waals surface area (Å²) in [7, 11) is -2.87. The molecule has 0 saturated carbocycles. The van der Waals surface area contributed by atoms with Crippen molar-refractivity contribution in [1.82, 2.24) is 9.80 Å². The Hall–Kier alpha value is -3.02. The van der Waals surface area contributed by atoms with E-state index in [0.29, 0.717) is 30.4 Å². The van der Waals surface area contributed by atoms with E-state index in [4.69, 9.17) is 20.5 Å². The molecule has 12 heteroatoms. The lowest BCUT2D eigenvalue weighted by Gasteiger charge is -2.18. The molecule has 9 nitrogen and oxygen atoms in total. The summed E-state index contributed by atoms with van der Waals surface area (Å²) in [5.74, 6) is -1.04. The molecule has 2 aliphatic rings. The molecule has 2 aliphatic heterocycles. The predicted molar refractivity (Wildman–Crippen MR) is 135 cm³/mol. The summed E-state index contributed by atoms with van der Waals surface area (Å²) in [5.41, 5.74) is 1.27. The largest absolute Gasteiger partial charge is 0.493 e. The highest BCUT2D eigenvalue weighted by atomic mass is 35.5.